The molecule has 0 spiro atoms. The standard InChI is InChI=1S/C46H37NO2/c1-45(2)41-14-8-7-13-39(41)42-37-11-5-6-12-38(37)44-40(43(42)45)23-24-46(49-44,32-17-20-34(21-18-32)47-25-27-48-28-26-47)33-19-22-36-31(29-33)16-15-30-9-3-4-10-35(30)36/h3-24,29H,25-28H2,1-2H3. The fourth-order valence-electron chi connectivity index (χ4n) is 8.86. The van der Waals surface area contributed by atoms with Crippen molar-refractivity contribution in [2.75, 3.05) is 31.2 Å². The van der Waals surface area contributed by atoms with Crippen molar-refractivity contribution in [1.82, 2.24) is 0 Å². The predicted molar refractivity (Wildman–Crippen MR) is 203 cm³/mol. The summed E-state index contributed by atoms with van der Waals surface area (Å²) in [7, 11) is 0. The lowest BCUT2D eigenvalue weighted by Gasteiger charge is -2.39. The molecule has 1 fully saturated rings. The Balaban J connectivity index is 1.21. The highest BCUT2D eigenvalue weighted by Gasteiger charge is 2.44. The number of morpholine rings is 1. The Kier molecular flexibility index (Phi) is 6.17. The normalized spacial score (nSPS) is 19.1. The lowest BCUT2D eigenvalue weighted by atomic mass is 9.76. The minimum Gasteiger partial charge on any atom is -0.472 e. The van der Waals surface area contributed by atoms with E-state index in [1.165, 1.54) is 60.4 Å². The molecule has 0 radical (unpaired) electrons. The molecule has 3 aliphatic rings. The van der Waals surface area contributed by atoms with Gasteiger partial charge in [0.2, 0.25) is 0 Å². The Bertz CT molecular complexity index is 2490. The molecule has 3 heteroatoms. The first kappa shape index (κ1) is 28.6. The highest BCUT2D eigenvalue weighted by molar-refractivity contribution is 6.09. The van der Waals surface area contributed by atoms with Gasteiger partial charge in [-0.05, 0) is 73.5 Å². The number of fused-ring (bicyclic) bond motifs is 11. The molecular formula is C46H37NO2. The van der Waals surface area contributed by atoms with Gasteiger partial charge in [0.25, 0.3) is 0 Å². The molecule has 238 valence electrons. The summed E-state index contributed by atoms with van der Waals surface area (Å²) in [5.41, 5.74) is 9.00. The quantitative estimate of drug-likeness (QED) is 0.180. The van der Waals surface area contributed by atoms with E-state index in [9.17, 15) is 0 Å². The maximum absolute atomic E-state index is 7.62. The maximum atomic E-state index is 7.62. The zero-order chi connectivity index (χ0) is 32.7. The first-order chi connectivity index (χ1) is 24.0. The van der Waals surface area contributed by atoms with Gasteiger partial charge in [0, 0.05) is 46.3 Å². The Morgan fingerprint density at radius 1 is 0.612 bits per heavy atom. The molecule has 2 heterocycles. The van der Waals surface area contributed by atoms with E-state index in [-0.39, 0.29) is 5.41 Å². The van der Waals surface area contributed by atoms with E-state index in [2.05, 4.69) is 158 Å². The van der Waals surface area contributed by atoms with E-state index in [1.807, 2.05) is 0 Å². The molecule has 0 amide bonds. The van der Waals surface area contributed by atoms with Gasteiger partial charge < -0.3 is 14.4 Å². The minimum absolute atomic E-state index is 0.169. The summed E-state index contributed by atoms with van der Waals surface area (Å²) in [6.45, 7) is 8.06. The summed E-state index contributed by atoms with van der Waals surface area (Å²) in [6.07, 6.45) is 4.67. The summed E-state index contributed by atoms with van der Waals surface area (Å²) in [6, 6.07) is 46.8. The van der Waals surface area contributed by atoms with Crippen LogP contribution in [0, 0.1) is 0 Å². The average molecular weight is 636 g/mol. The molecule has 7 aromatic rings. The van der Waals surface area contributed by atoms with E-state index in [4.69, 9.17) is 9.47 Å². The van der Waals surface area contributed by atoms with Crippen LogP contribution in [0.15, 0.2) is 133 Å². The maximum Gasteiger partial charge on any atom is 0.178 e. The summed E-state index contributed by atoms with van der Waals surface area (Å²) < 4.78 is 13.3. The third-order valence-electron chi connectivity index (χ3n) is 11.3. The van der Waals surface area contributed by atoms with Crippen LogP contribution in [0.25, 0.3) is 49.5 Å². The van der Waals surface area contributed by atoms with Crippen molar-refractivity contribution in [2.45, 2.75) is 24.9 Å². The van der Waals surface area contributed by atoms with Crippen LogP contribution in [0.5, 0.6) is 5.75 Å². The second-order valence-electron chi connectivity index (χ2n) is 14.2. The zero-order valence-electron chi connectivity index (χ0n) is 27.9. The Hall–Kier alpha value is -5.38. The van der Waals surface area contributed by atoms with Crippen molar-refractivity contribution < 1.29 is 9.47 Å². The third kappa shape index (κ3) is 4.12. The van der Waals surface area contributed by atoms with Crippen LogP contribution >= 0.6 is 0 Å². The van der Waals surface area contributed by atoms with Crippen molar-refractivity contribution in [1.29, 1.82) is 0 Å². The highest BCUT2D eigenvalue weighted by atomic mass is 16.5. The van der Waals surface area contributed by atoms with Crippen molar-refractivity contribution >= 4 is 44.1 Å². The van der Waals surface area contributed by atoms with Gasteiger partial charge in [0.15, 0.2) is 5.60 Å². The molecule has 1 unspecified atom stereocenters. The van der Waals surface area contributed by atoms with Gasteiger partial charge in [0.05, 0.1) is 13.2 Å². The van der Waals surface area contributed by atoms with Gasteiger partial charge in [-0.3, -0.25) is 0 Å². The zero-order valence-corrected chi connectivity index (χ0v) is 27.9. The largest absolute Gasteiger partial charge is 0.472 e. The van der Waals surface area contributed by atoms with Crippen LogP contribution in [0.2, 0.25) is 0 Å². The first-order valence-corrected chi connectivity index (χ1v) is 17.5. The van der Waals surface area contributed by atoms with Gasteiger partial charge >= 0.3 is 0 Å². The molecule has 1 saturated heterocycles. The van der Waals surface area contributed by atoms with Gasteiger partial charge in [-0.25, -0.2) is 0 Å². The molecule has 0 aromatic heterocycles. The lowest BCUT2D eigenvalue weighted by Crippen LogP contribution is -2.37. The van der Waals surface area contributed by atoms with Crippen LogP contribution in [-0.2, 0) is 15.8 Å². The van der Waals surface area contributed by atoms with Crippen LogP contribution in [0.3, 0.4) is 0 Å². The van der Waals surface area contributed by atoms with E-state index in [1.54, 1.807) is 0 Å². The smallest absolute Gasteiger partial charge is 0.178 e. The van der Waals surface area contributed by atoms with E-state index in [0.29, 0.717) is 0 Å². The number of anilines is 1. The van der Waals surface area contributed by atoms with Gasteiger partial charge in [-0.15, -0.1) is 0 Å². The van der Waals surface area contributed by atoms with Crippen LogP contribution in [-0.4, -0.2) is 26.3 Å². The van der Waals surface area contributed by atoms with Gasteiger partial charge in [0.1, 0.15) is 5.75 Å². The number of hydrogen-bond acceptors (Lipinski definition) is 3. The van der Waals surface area contributed by atoms with E-state index >= 15 is 0 Å². The number of benzene rings is 7. The summed E-state index contributed by atoms with van der Waals surface area (Å²) in [5.74, 6) is 0.952. The molecule has 10 rings (SSSR count). The van der Waals surface area contributed by atoms with Crippen LogP contribution in [0.4, 0.5) is 5.69 Å². The highest BCUT2D eigenvalue weighted by Crippen LogP contribution is 2.58. The van der Waals surface area contributed by atoms with Crippen molar-refractivity contribution in [3.63, 3.8) is 0 Å². The van der Waals surface area contributed by atoms with Crippen molar-refractivity contribution in [3.05, 3.63) is 161 Å². The number of hydrogen-bond donors (Lipinski definition) is 0. The molecular weight excluding hydrogens is 599 g/mol. The molecule has 0 saturated carbocycles. The van der Waals surface area contributed by atoms with Gasteiger partial charge in [-0.2, -0.15) is 0 Å². The molecule has 49 heavy (non-hydrogen) atoms. The van der Waals surface area contributed by atoms with E-state index in [0.717, 1.165) is 48.6 Å². The van der Waals surface area contributed by atoms with Gasteiger partial charge in [-0.1, -0.05) is 129 Å². The lowest BCUT2D eigenvalue weighted by molar-refractivity contribution is 0.122. The van der Waals surface area contributed by atoms with Crippen LogP contribution < -0.4 is 9.64 Å². The Morgan fingerprint density at radius 2 is 1.29 bits per heavy atom. The number of nitrogens with zero attached hydrogens (tertiary/aromatic N) is 1. The molecule has 1 aliphatic carbocycles. The molecule has 0 N–H and O–H groups in total. The third-order valence-corrected chi connectivity index (χ3v) is 11.3. The Morgan fingerprint density at radius 3 is 2.12 bits per heavy atom. The van der Waals surface area contributed by atoms with Crippen molar-refractivity contribution in [3.8, 4) is 16.9 Å². The molecule has 2 aliphatic heterocycles. The molecule has 7 aromatic carbocycles. The first-order valence-electron chi connectivity index (χ1n) is 17.5. The fourth-order valence-corrected chi connectivity index (χ4v) is 8.86. The Labute approximate surface area is 287 Å². The van der Waals surface area contributed by atoms with E-state index < -0.39 is 5.60 Å². The second kappa shape index (κ2) is 10.6. The predicted octanol–water partition coefficient (Wildman–Crippen LogP) is 10.6. The monoisotopic (exact) mass is 635 g/mol. The minimum atomic E-state index is -0.830. The topological polar surface area (TPSA) is 21.7 Å². The molecule has 0 bridgehead atoms. The molecule has 1 atom stereocenters. The summed E-state index contributed by atoms with van der Waals surface area (Å²) >= 11 is 0. The SMILES string of the molecule is CC1(C)c2ccccc2-c2c1c1c(c3ccccc23)OC(c2ccc(N3CCOCC3)cc2)(c2ccc3c(ccc4ccccc43)c2)C=C1. The summed E-state index contributed by atoms with van der Waals surface area (Å²) in [5, 5.41) is 7.37. The number of rotatable bonds is 3. The second-order valence-corrected chi connectivity index (χ2v) is 14.2. The fraction of sp³-hybridized carbons (Fsp3) is 0.174. The average Bonchev–Trinajstić information content (AvgIpc) is 3.41. The summed E-state index contributed by atoms with van der Waals surface area (Å²) in [4.78, 5) is 2.41. The molecule has 3 nitrogen and oxygen atoms in total. The van der Waals surface area contributed by atoms with Crippen LogP contribution in [0.1, 0.15) is 41.7 Å². The number of ether oxygens (including phenoxy) is 2. The van der Waals surface area contributed by atoms with Crippen molar-refractivity contribution in [2.24, 2.45) is 0 Å².